The van der Waals surface area contributed by atoms with Gasteiger partial charge in [-0.15, -0.1) is 0 Å². The van der Waals surface area contributed by atoms with E-state index in [-0.39, 0.29) is 42.9 Å². The first-order chi connectivity index (χ1) is 16.9. The maximum absolute atomic E-state index is 13.0. The van der Waals surface area contributed by atoms with Crippen LogP contribution in [0.5, 0.6) is 0 Å². The smallest absolute Gasteiger partial charge is 0.407 e. The summed E-state index contributed by atoms with van der Waals surface area (Å²) < 4.78 is 5.70. The van der Waals surface area contributed by atoms with E-state index >= 15 is 0 Å². The Morgan fingerprint density at radius 2 is 1.63 bits per heavy atom. The summed E-state index contributed by atoms with van der Waals surface area (Å²) in [5.41, 5.74) is 4.70. The van der Waals surface area contributed by atoms with E-state index in [1.165, 1.54) is 27.2 Å². The number of nitrogens with one attached hydrogen (secondary N) is 1. The van der Waals surface area contributed by atoms with Crippen LogP contribution in [0.4, 0.5) is 4.79 Å². The Balaban J connectivity index is 1.19. The van der Waals surface area contributed by atoms with E-state index in [9.17, 15) is 19.5 Å². The van der Waals surface area contributed by atoms with E-state index in [2.05, 4.69) is 29.6 Å². The second-order valence-electron chi connectivity index (χ2n) is 10.0. The Labute approximate surface area is 205 Å². The lowest BCUT2D eigenvalue weighted by atomic mass is 9.98. The molecule has 3 atom stereocenters. The fraction of sp³-hybridized carbons (Fsp3) is 0.464. The van der Waals surface area contributed by atoms with Crippen molar-refractivity contribution in [1.29, 1.82) is 0 Å². The van der Waals surface area contributed by atoms with Crippen molar-refractivity contribution in [3.8, 4) is 11.1 Å². The highest BCUT2D eigenvalue weighted by Crippen LogP contribution is 2.44. The van der Waals surface area contributed by atoms with Crippen LogP contribution in [0.25, 0.3) is 11.1 Å². The van der Waals surface area contributed by atoms with Crippen LogP contribution < -0.4 is 5.32 Å². The molecule has 0 aliphatic heterocycles. The summed E-state index contributed by atoms with van der Waals surface area (Å²) in [5.74, 6) is -1.12. The third-order valence-electron chi connectivity index (χ3n) is 7.75. The molecule has 0 radical (unpaired) electrons. The number of amides is 2. The maximum atomic E-state index is 13.0. The molecule has 2 saturated carbocycles. The SMILES string of the molecule is CC(C(=O)O)N(C(=O)C[C@@H]1CCC[C@H]1NC(=O)OCC1c2ccccc2-c2ccccc21)C1CC1. The molecule has 0 spiro atoms. The summed E-state index contributed by atoms with van der Waals surface area (Å²) in [6.45, 7) is 1.82. The van der Waals surface area contributed by atoms with Gasteiger partial charge in [0.05, 0.1) is 0 Å². The van der Waals surface area contributed by atoms with Gasteiger partial charge in [0.1, 0.15) is 12.6 Å². The molecule has 2 amide bonds. The maximum Gasteiger partial charge on any atom is 0.407 e. The Hall–Kier alpha value is -3.35. The highest BCUT2D eigenvalue weighted by Gasteiger charge is 2.40. The van der Waals surface area contributed by atoms with Crippen LogP contribution in [-0.2, 0) is 14.3 Å². The topological polar surface area (TPSA) is 95.9 Å². The number of nitrogens with zero attached hydrogens (tertiary/aromatic N) is 1. The van der Waals surface area contributed by atoms with Gasteiger partial charge in [-0.3, -0.25) is 4.79 Å². The second-order valence-corrected chi connectivity index (χ2v) is 10.0. The molecule has 2 aromatic rings. The molecule has 35 heavy (non-hydrogen) atoms. The van der Waals surface area contributed by atoms with Crippen molar-refractivity contribution >= 4 is 18.0 Å². The van der Waals surface area contributed by atoms with Crippen molar-refractivity contribution in [2.75, 3.05) is 6.61 Å². The highest BCUT2D eigenvalue weighted by atomic mass is 16.5. The summed E-state index contributed by atoms with van der Waals surface area (Å²) in [7, 11) is 0. The minimum absolute atomic E-state index is 0.00120. The van der Waals surface area contributed by atoms with Gasteiger partial charge in [-0.25, -0.2) is 9.59 Å². The summed E-state index contributed by atoms with van der Waals surface area (Å²) >= 11 is 0. The third-order valence-corrected chi connectivity index (χ3v) is 7.75. The van der Waals surface area contributed by atoms with Gasteiger partial charge in [0, 0.05) is 24.4 Å². The van der Waals surface area contributed by atoms with E-state index in [1.807, 2.05) is 24.3 Å². The summed E-state index contributed by atoms with van der Waals surface area (Å²) in [4.78, 5) is 38.8. The van der Waals surface area contributed by atoms with Crippen LogP contribution in [0.2, 0.25) is 0 Å². The number of carboxylic acid groups (broad SMARTS) is 1. The molecule has 2 aromatic carbocycles. The number of hydrogen-bond acceptors (Lipinski definition) is 4. The fourth-order valence-corrected chi connectivity index (χ4v) is 5.80. The Kier molecular flexibility index (Phi) is 6.50. The number of benzene rings is 2. The number of aliphatic carboxylic acids is 1. The first-order valence-corrected chi connectivity index (χ1v) is 12.6. The number of carboxylic acids is 1. The molecule has 1 unspecified atom stereocenters. The van der Waals surface area contributed by atoms with Crippen molar-refractivity contribution < 1.29 is 24.2 Å². The third kappa shape index (κ3) is 4.77. The number of rotatable bonds is 8. The normalized spacial score (nSPS) is 21.6. The van der Waals surface area contributed by atoms with Crippen molar-refractivity contribution in [2.45, 2.75) is 69.5 Å². The van der Waals surface area contributed by atoms with Gasteiger partial charge >= 0.3 is 12.1 Å². The predicted molar refractivity (Wildman–Crippen MR) is 131 cm³/mol. The first-order valence-electron chi connectivity index (χ1n) is 12.6. The molecule has 0 heterocycles. The van der Waals surface area contributed by atoms with Gasteiger partial charge in [-0.2, -0.15) is 0 Å². The summed E-state index contributed by atoms with van der Waals surface area (Å²) in [6.07, 6.45) is 4.05. The average Bonchev–Trinajstić information content (AvgIpc) is 3.51. The van der Waals surface area contributed by atoms with Gasteiger partial charge in [0.15, 0.2) is 0 Å². The molecule has 0 bridgehead atoms. The predicted octanol–water partition coefficient (Wildman–Crippen LogP) is 4.55. The molecule has 7 nitrogen and oxygen atoms in total. The molecule has 5 rings (SSSR count). The van der Waals surface area contributed by atoms with Gasteiger partial charge < -0.3 is 20.1 Å². The minimum atomic E-state index is -0.981. The number of carbonyl (C=O) groups is 3. The van der Waals surface area contributed by atoms with Crippen molar-refractivity contribution in [3.63, 3.8) is 0 Å². The van der Waals surface area contributed by atoms with Crippen molar-refractivity contribution in [1.82, 2.24) is 10.2 Å². The quantitative estimate of drug-likeness (QED) is 0.583. The zero-order chi connectivity index (χ0) is 24.5. The first kappa shape index (κ1) is 23.4. The van der Waals surface area contributed by atoms with Gasteiger partial charge in [-0.05, 0) is 60.8 Å². The molecule has 2 N–H and O–H groups in total. The monoisotopic (exact) mass is 476 g/mol. The van der Waals surface area contributed by atoms with Gasteiger partial charge in [-0.1, -0.05) is 55.0 Å². The number of hydrogen-bond donors (Lipinski definition) is 2. The number of fused-ring (bicyclic) bond motifs is 3. The zero-order valence-electron chi connectivity index (χ0n) is 20.0. The lowest BCUT2D eigenvalue weighted by Gasteiger charge is -2.29. The molecule has 184 valence electrons. The largest absolute Gasteiger partial charge is 0.480 e. The van der Waals surface area contributed by atoms with Crippen molar-refractivity contribution in [3.05, 3.63) is 59.7 Å². The van der Waals surface area contributed by atoms with E-state index < -0.39 is 18.1 Å². The van der Waals surface area contributed by atoms with Crippen LogP contribution in [0.15, 0.2) is 48.5 Å². The van der Waals surface area contributed by atoms with E-state index in [1.54, 1.807) is 6.92 Å². The number of carbonyl (C=O) groups excluding carboxylic acids is 2. The molecular weight excluding hydrogens is 444 g/mol. The minimum Gasteiger partial charge on any atom is -0.480 e. The number of alkyl carbamates (subject to hydrolysis) is 1. The zero-order valence-corrected chi connectivity index (χ0v) is 20.0. The fourth-order valence-electron chi connectivity index (χ4n) is 5.80. The Bertz CT molecular complexity index is 1080. The second kappa shape index (κ2) is 9.72. The molecule has 3 aliphatic rings. The standard InChI is InChI=1S/C28H32N2O5/c1-17(27(32)33)30(19-13-14-19)26(31)15-18-7-6-12-25(18)29-28(34)35-16-24-22-10-4-2-8-20(22)21-9-3-5-11-23(21)24/h2-5,8-11,17-19,24-25H,6-7,12-16H2,1H3,(H,29,34)(H,32,33)/t17?,18-,25+/m0/s1. The van der Waals surface area contributed by atoms with Gasteiger partial charge in [0.2, 0.25) is 5.91 Å². The average molecular weight is 477 g/mol. The Morgan fingerprint density at radius 3 is 2.23 bits per heavy atom. The van der Waals surface area contributed by atoms with Crippen LogP contribution in [-0.4, -0.2) is 52.7 Å². The van der Waals surface area contributed by atoms with E-state index in [4.69, 9.17) is 4.74 Å². The van der Waals surface area contributed by atoms with Crippen molar-refractivity contribution in [2.24, 2.45) is 5.92 Å². The van der Waals surface area contributed by atoms with E-state index in [0.717, 1.165) is 32.1 Å². The lowest BCUT2D eigenvalue weighted by Crippen LogP contribution is -2.46. The molecule has 7 heteroatoms. The Morgan fingerprint density at radius 1 is 1.00 bits per heavy atom. The lowest BCUT2D eigenvalue weighted by molar-refractivity contribution is -0.150. The molecule has 0 saturated heterocycles. The van der Waals surface area contributed by atoms with Crippen LogP contribution in [0, 0.1) is 5.92 Å². The molecule has 3 aliphatic carbocycles. The number of ether oxygens (including phenoxy) is 1. The molecule has 0 aromatic heterocycles. The van der Waals surface area contributed by atoms with Crippen LogP contribution in [0.1, 0.15) is 62.5 Å². The van der Waals surface area contributed by atoms with Crippen LogP contribution in [0.3, 0.4) is 0 Å². The van der Waals surface area contributed by atoms with Crippen LogP contribution >= 0.6 is 0 Å². The highest BCUT2D eigenvalue weighted by molar-refractivity contribution is 5.84. The van der Waals surface area contributed by atoms with Gasteiger partial charge in [0.25, 0.3) is 0 Å². The molecular formula is C28H32N2O5. The van der Waals surface area contributed by atoms with E-state index in [0.29, 0.717) is 0 Å². The summed E-state index contributed by atoms with van der Waals surface area (Å²) in [5, 5.41) is 12.4. The summed E-state index contributed by atoms with van der Waals surface area (Å²) in [6, 6.07) is 15.5. The molecule has 2 fully saturated rings.